The molecule has 126 valence electrons. The molecule has 0 aliphatic heterocycles. The molecule has 0 atom stereocenters. The van der Waals surface area contributed by atoms with Crippen LogP contribution in [0, 0.1) is 0 Å². The van der Waals surface area contributed by atoms with E-state index in [1.54, 1.807) is 7.11 Å². The fraction of sp³-hybridized carbons (Fsp3) is 0.312. The van der Waals surface area contributed by atoms with Crippen molar-refractivity contribution in [2.24, 2.45) is 0 Å². The number of methoxy groups -OCH3 is 1. The van der Waals surface area contributed by atoms with Crippen molar-refractivity contribution in [1.82, 2.24) is 5.32 Å². The average Bonchev–Trinajstić information content (AvgIpc) is 2.45. The van der Waals surface area contributed by atoms with E-state index in [0.717, 1.165) is 12.2 Å². The van der Waals surface area contributed by atoms with Crippen molar-refractivity contribution in [3.63, 3.8) is 0 Å². The molecule has 0 aliphatic rings. The van der Waals surface area contributed by atoms with Crippen molar-refractivity contribution in [3.8, 4) is 5.75 Å². The molecule has 2 aromatic rings. The second-order valence-electron chi connectivity index (χ2n) is 4.97. The van der Waals surface area contributed by atoms with Gasteiger partial charge >= 0.3 is 0 Å². The van der Waals surface area contributed by atoms with Gasteiger partial charge < -0.3 is 10.1 Å². The summed E-state index contributed by atoms with van der Waals surface area (Å²) in [6, 6.07) is 12.3. The first-order valence-corrected chi connectivity index (χ1v) is 8.78. The molecule has 0 bridgehead atoms. The molecule has 2 N–H and O–H groups in total. The highest BCUT2D eigenvalue weighted by Gasteiger charge is 2.03. The van der Waals surface area contributed by atoms with E-state index in [9.17, 15) is 13.2 Å². The number of hydrogen-bond donors (Lipinski definition) is 2. The van der Waals surface area contributed by atoms with Gasteiger partial charge in [-0.1, -0.05) is 24.3 Å². The molecule has 1 amide bonds. The maximum absolute atomic E-state index is 10.9. The lowest BCUT2D eigenvalue weighted by molar-refractivity contribution is -0.118. The van der Waals surface area contributed by atoms with Crippen molar-refractivity contribution in [2.45, 2.75) is 13.3 Å². The first kappa shape index (κ1) is 18.9. The molecular weight excluding hydrogens is 318 g/mol. The molecule has 7 heteroatoms. The summed E-state index contributed by atoms with van der Waals surface area (Å²) in [4.78, 5) is 10.9. The molecular formula is C16H21NO5S. The second kappa shape index (κ2) is 8.50. The van der Waals surface area contributed by atoms with Gasteiger partial charge in [0.2, 0.25) is 5.91 Å². The van der Waals surface area contributed by atoms with Crippen LogP contribution in [0.15, 0.2) is 36.4 Å². The van der Waals surface area contributed by atoms with Gasteiger partial charge in [-0.2, -0.15) is 8.42 Å². The van der Waals surface area contributed by atoms with Crippen LogP contribution >= 0.6 is 0 Å². The van der Waals surface area contributed by atoms with Gasteiger partial charge in [0.05, 0.1) is 13.4 Å². The van der Waals surface area contributed by atoms with E-state index in [1.165, 1.54) is 23.3 Å². The molecule has 0 fully saturated rings. The standard InChI is InChI=1S/C15H17NO2.CH4O3S/c1-11(17)16-9-8-13-5-3-4-12-6-7-14(18-2)10-15(12)13;1-5(2,3)4/h3-7,10H,8-9H2,1-2H3,(H,16,17);1H3,(H,2,3,4). The summed E-state index contributed by atoms with van der Waals surface area (Å²) < 4.78 is 31.1. The second-order valence-corrected chi connectivity index (χ2v) is 6.44. The molecule has 2 rings (SSSR count). The third kappa shape index (κ3) is 7.62. The zero-order valence-corrected chi connectivity index (χ0v) is 14.2. The SMILES string of the molecule is COc1ccc2cccc(CCNC(C)=O)c2c1.CS(=O)(=O)O. The zero-order chi connectivity index (χ0) is 17.5. The molecule has 0 saturated carbocycles. The Bertz CT molecular complexity index is 763. The smallest absolute Gasteiger partial charge is 0.261 e. The monoisotopic (exact) mass is 339 g/mol. The Balaban J connectivity index is 0.000000463. The number of hydrogen-bond acceptors (Lipinski definition) is 4. The van der Waals surface area contributed by atoms with Crippen molar-refractivity contribution in [1.29, 1.82) is 0 Å². The molecule has 0 heterocycles. The Labute approximate surface area is 136 Å². The van der Waals surface area contributed by atoms with Gasteiger partial charge in [-0.15, -0.1) is 0 Å². The molecule has 0 saturated heterocycles. The van der Waals surface area contributed by atoms with Crippen LogP contribution in [-0.2, 0) is 21.3 Å². The molecule has 0 spiro atoms. The Hall–Kier alpha value is -2.12. The Morgan fingerprint density at radius 3 is 2.48 bits per heavy atom. The van der Waals surface area contributed by atoms with E-state index >= 15 is 0 Å². The molecule has 0 aromatic heterocycles. The lowest BCUT2D eigenvalue weighted by atomic mass is 10.0. The van der Waals surface area contributed by atoms with E-state index in [0.29, 0.717) is 12.8 Å². The van der Waals surface area contributed by atoms with Gasteiger partial charge in [-0.25, -0.2) is 0 Å². The quantitative estimate of drug-likeness (QED) is 0.832. The Morgan fingerprint density at radius 1 is 1.26 bits per heavy atom. The topological polar surface area (TPSA) is 92.7 Å². The molecule has 2 aromatic carbocycles. The van der Waals surface area contributed by atoms with Crippen LogP contribution in [0.2, 0.25) is 0 Å². The fourth-order valence-electron chi connectivity index (χ4n) is 2.03. The Kier molecular flexibility index (Phi) is 6.99. The summed E-state index contributed by atoms with van der Waals surface area (Å²) >= 11 is 0. The van der Waals surface area contributed by atoms with E-state index in [1.807, 2.05) is 18.2 Å². The highest BCUT2D eigenvalue weighted by molar-refractivity contribution is 7.85. The maximum Gasteiger partial charge on any atom is 0.261 e. The average molecular weight is 339 g/mol. The first-order valence-electron chi connectivity index (χ1n) is 6.93. The lowest BCUT2D eigenvalue weighted by Crippen LogP contribution is -2.22. The third-order valence-electron chi connectivity index (χ3n) is 2.95. The highest BCUT2D eigenvalue weighted by Crippen LogP contribution is 2.24. The number of amides is 1. The van der Waals surface area contributed by atoms with Crippen LogP contribution < -0.4 is 10.1 Å². The number of fused-ring (bicyclic) bond motifs is 1. The summed E-state index contributed by atoms with van der Waals surface area (Å²) in [5, 5.41) is 5.19. The molecule has 23 heavy (non-hydrogen) atoms. The van der Waals surface area contributed by atoms with Crippen LogP contribution in [0.3, 0.4) is 0 Å². The number of ether oxygens (including phenoxy) is 1. The molecule has 0 aliphatic carbocycles. The minimum absolute atomic E-state index is 0.00724. The molecule has 6 nitrogen and oxygen atoms in total. The normalized spacial score (nSPS) is 10.6. The van der Waals surface area contributed by atoms with Crippen LogP contribution in [0.25, 0.3) is 10.8 Å². The maximum atomic E-state index is 10.9. The van der Waals surface area contributed by atoms with Crippen LogP contribution in [0.1, 0.15) is 12.5 Å². The largest absolute Gasteiger partial charge is 0.497 e. The number of nitrogens with one attached hydrogen (secondary N) is 1. The predicted octanol–water partition coefficient (Wildman–Crippen LogP) is 2.03. The van der Waals surface area contributed by atoms with Crippen molar-refractivity contribution in [2.75, 3.05) is 19.9 Å². The van der Waals surface area contributed by atoms with Crippen LogP contribution in [-0.4, -0.2) is 38.8 Å². The van der Waals surface area contributed by atoms with E-state index in [-0.39, 0.29) is 5.91 Å². The zero-order valence-electron chi connectivity index (χ0n) is 13.4. The number of rotatable bonds is 4. The van der Waals surface area contributed by atoms with Crippen LogP contribution in [0.4, 0.5) is 0 Å². The molecule has 0 radical (unpaired) electrons. The summed E-state index contributed by atoms with van der Waals surface area (Å²) in [5.74, 6) is 0.863. The first-order chi connectivity index (χ1) is 10.7. The van der Waals surface area contributed by atoms with E-state index < -0.39 is 10.1 Å². The van der Waals surface area contributed by atoms with Gasteiger partial charge in [-0.05, 0) is 34.9 Å². The number of benzene rings is 2. The van der Waals surface area contributed by atoms with Crippen LogP contribution in [0.5, 0.6) is 5.75 Å². The van der Waals surface area contributed by atoms with Gasteiger partial charge in [-0.3, -0.25) is 9.35 Å². The summed E-state index contributed by atoms with van der Waals surface area (Å²) in [5.41, 5.74) is 1.22. The van der Waals surface area contributed by atoms with Gasteiger partial charge in [0, 0.05) is 13.5 Å². The highest BCUT2D eigenvalue weighted by atomic mass is 32.2. The Morgan fingerprint density at radius 2 is 1.91 bits per heavy atom. The lowest BCUT2D eigenvalue weighted by Gasteiger charge is -2.08. The molecule has 0 unspecified atom stereocenters. The predicted molar refractivity (Wildman–Crippen MR) is 90.4 cm³/mol. The van der Waals surface area contributed by atoms with Crippen molar-refractivity contribution in [3.05, 3.63) is 42.0 Å². The fourth-order valence-corrected chi connectivity index (χ4v) is 2.03. The minimum atomic E-state index is -3.67. The van der Waals surface area contributed by atoms with E-state index in [2.05, 4.69) is 23.5 Å². The minimum Gasteiger partial charge on any atom is -0.497 e. The number of carbonyl (C=O) groups excluding carboxylic acids is 1. The van der Waals surface area contributed by atoms with Crippen molar-refractivity contribution < 1.29 is 22.5 Å². The summed E-state index contributed by atoms with van der Waals surface area (Å²) in [6.45, 7) is 2.19. The van der Waals surface area contributed by atoms with Crippen molar-refractivity contribution >= 4 is 26.8 Å². The summed E-state index contributed by atoms with van der Waals surface area (Å²) in [7, 11) is -2.00. The van der Waals surface area contributed by atoms with Gasteiger partial charge in [0.1, 0.15) is 5.75 Å². The summed E-state index contributed by atoms with van der Waals surface area (Å²) in [6.07, 6.45) is 1.54. The third-order valence-corrected chi connectivity index (χ3v) is 2.95. The van der Waals surface area contributed by atoms with Gasteiger partial charge in [0.15, 0.2) is 0 Å². The van der Waals surface area contributed by atoms with Gasteiger partial charge in [0.25, 0.3) is 10.1 Å². The number of carbonyl (C=O) groups is 1. The van der Waals surface area contributed by atoms with E-state index in [4.69, 9.17) is 9.29 Å².